The highest BCUT2D eigenvalue weighted by atomic mass is 19.1. The van der Waals surface area contributed by atoms with Crippen LogP contribution in [0.25, 0.3) is 0 Å². The van der Waals surface area contributed by atoms with Crippen LogP contribution < -0.4 is 0 Å². The van der Waals surface area contributed by atoms with Gasteiger partial charge in [0.1, 0.15) is 5.82 Å². The van der Waals surface area contributed by atoms with Gasteiger partial charge < -0.3 is 0 Å². The summed E-state index contributed by atoms with van der Waals surface area (Å²) in [6.07, 6.45) is 0. The lowest BCUT2D eigenvalue weighted by atomic mass is 10.1. The summed E-state index contributed by atoms with van der Waals surface area (Å²) in [5.74, 6) is -0.434. The van der Waals surface area contributed by atoms with Crippen LogP contribution in [0.5, 0.6) is 0 Å². The van der Waals surface area contributed by atoms with E-state index >= 15 is 0 Å². The Morgan fingerprint density at radius 1 is 1.43 bits per heavy atom. The van der Waals surface area contributed by atoms with Crippen LogP contribution >= 0.6 is 0 Å². The summed E-state index contributed by atoms with van der Waals surface area (Å²) >= 11 is 0. The maximum Gasteiger partial charge on any atom is 0.179 e. The number of hydrogen-bond donors (Lipinski definition) is 0. The molecule has 1 rings (SSSR count). The third-order valence-corrected chi connectivity index (χ3v) is 2.26. The van der Waals surface area contributed by atoms with E-state index in [1.807, 2.05) is 14.1 Å². The molecule has 0 heterocycles. The lowest BCUT2D eigenvalue weighted by Crippen LogP contribution is -2.32. The summed E-state index contributed by atoms with van der Waals surface area (Å²) in [6.45, 7) is 1.80. The highest BCUT2D eigenvalue weighted by molar-refractivity contribution is 5.99. The Bertz CT molecular complexity index is 336. The molecule has 0 spiro atoms. The summed E-state index contributed by atoms with van der Waals surface area (Å²) in [4.78, 5) is 13.5. The maximum atomic E-state index is 12.8. The van der Waals surface area contributed by atoms with Crippen molar-refractivity contribution in [3.8, 4) is 0 Å². The van der Waals surface area contributed by atoms with E-state index in [4.69, 9.17) is 0 Å². The van der Waals surface area contributed by atoms with Crippen molar-refractivity contribution in [1.29, 1.82) is 0 Å². The quantitative estimate of drug-likeness (QED) is 0.687. The molecule has 0 N–H and O–H groups in total. The largest absolute Gasteiger partial charge is 0.300 e. The molecule has 3 heteroatoms. The van der Waals surface area contributed by atoms with Gasteiger partial charge in [0.2, 0.25) is 0 Å². The molecule has 0 fully saturated rings. The first-order valence-electron chi connectivity index (χ1n) is 4.48. The minimum atomic E-state index is -0.373. The first-order valence-corrected chi connectivity index (χ1v) is 4.48. The molecule has 0 amide bonds. The molecule has 0 radical (unpaired) electrons. The van der Waals surface area contributed by atoms with Gasteiger partial charge in [0.05, 0.1) is 6.04 Å². The standard InChI is InChI=1S/C11H14FNO/c1-8(13(2)3)11(14)9-5-4-6-10(12)7-9/h4-8H,1-3H3. The molecule has 76 valence electrons. The van der Waals surface area contributed by atoms with Crippen LogP contribution in [0.4, 0.5) is 4.39 Å². The number of likely N-dealkylation sites (N-methyl/N-ethyl adjacent to an activating group) is 1. The predicted molar refractivity (Wildman–Crippen MR) is 53.9 cm³/mol. The second-order valence-electron chi connectivity index (χ2n) is 3.51. The van der Waals surface area contributed by atoms with Gasteiger partial charge in [0.15, 0.2) is 5.78 Å². The summed E-state index contributed by atoms with van der Waals surface area (Å²) in [6, 6.07) is 5.55. The van der Waals surface area contributed by atoms with Gasteiger partial charge in [0.25, 0.3) is 0 Å². The molecule has 1 unspecified atom stereocenters. The van der Waals surface area contributed by atoms with Gasteiger partial charge in [-0.2, -0.15) is 0 Å². The smallest absolute Gasteiger partial charge is 0.179 e. The molecule has 0 aliphatic heterocycles. The minimum absolute atomic E-state index is 0.0606. The number of Topliss-reactive ketones (excluding diaryl/α,β-unsaturated/α-hetero) is 1. The molecule has 0 aliphatic carbocycles. The summed E-state index contributed by atoms with van der Waals surface area (Å²) in [5.41, 5.74) is 0.422. The zero-order chi connectivity index (χ0) is 10.7. The minimum Gasteiger partial charge on any atom is -0.300 e. The van der Waals surface area contributed by atoms with Gasteiger partial charge in [-0.1, -0.05) is 12.1 Å². The Hall–Kier alpha value is -1.22. The van der Waals surface area contributed by atoms with Crippen molar-refractivity contribution >= 4 is 5.78 Å². The third-order valence-electron chi connectivity index (χ3n) is 2.26. The predicted octanol–water partition coefficient (Wildman–Crippen LogP) is 1.96. The highest BCUT2D eigenvalue weighted by Gasteiger charge is 2.16. The summed E-state index contributed by atoms with van der Waals surface area (Å²) in [5, 5.41) is 0. The number of hydrogen-bond acceptors (Lipinski definition) is 2. The van der Waals surface area contributed by atoms with Gasteiger partial charge >= 0.3 is 0 Å². The van der Waals surface area contributed by atoms with Crippen LogP contribution in [-0.2, 0) is 0 Å². The van der Waals surface area contributed by atoms with Crippen LogP contribution in [0, 0.1) is 5.82 Å². The monoisotopic (exact) mass is 195 g/mol. The lowest BCUT2D eigenvalue weighted by Gasteiger charge is -2.18. The molecule has 14 heavy (non-hydrogen) atoms. The van der Waals surface area contributed by atoms with E-state index in [0.29, 0.717) is 5.56 Å². The van der Waals surface area contributed by atoms with Gasteiger partial charge in [-0.05, 0) is 33.2 Å². The molecule has 0 saturated carbocycles. The number of carbonyl (C=O) groups excluding carboxylic acids is 1. The van der Waals surface area contributed by atoms with Crippen molar-refractivity contribution in [3.05, 3.63) is 35.6 Å². The van der Waals surface area contributed by atoms with E-state index in [9.17, 15) is 9.18 Å². The van der Waals surface area contributed by atoms with Crippen molar-refractivity contribution < 1.29 is 9.18 Å². The van der Waals surface area contributed by atoms with Crippen LogP contribution in [0.1, 0.15) is 17.3 Å². The molecule has 0 aromatic heterocycles. The number of halogens is 1. The molecule has 1 atom stereocenters. The van der Waals surface area contributed by atoms with Crippen LogP contribution in [0.3, 0.4) is 0 Å². The number of nitrogens with zero attached hydrogens (tertiary/aromatic N) is 1. The summed E-state index contributed by atoms with van der Waals surface area (Å²) < 4.78 is 12.8. The summed E-state index contributed by atoms with van der Waals surface area (Å²) in [7, 11) is 3.64. The lowest BCUT2D eigenvalue weighted by molar-refractivity contribution is 0.0890. The molecule has 0 aliphatic rings. The van der Waals surface area contributed by atoms with Gasteiger partial charge in [-0.3, -0.25) is 9.69 Å². The van der Waals surface area contributed by atoms with Crippen LogP contribution in [-0.4, -0.2) is 30.8 Å². The topological polar surface area (TPSA) is 20.3 Å². The zero-order valence-electron chi connectivity index (χ0n) is 8.62. The van der Waals surface area contributed by atoms with Gasteiger partial charge in [0, 0.05) is 5.56 Å². The third kappa shape index (κ3) is 2.39. The van der Waals surface area contributed by atoms with E-state index in [1.54, 1.807) is 24.0 Å². The highest BCUT2D eigenvalue weighted by Crippen LogP contribution is 2.08. The van der Waals surface area contributed by atoms with Crippen molar-refractivity contribution in [1.82, 2.24) is 4.90 Å². The van der Waals surface area contributed by atoms with Crippen molar-refractivity contribution in [2.75, 3.05) is 14.1 Å². The molecule has 1 aromatic carbocycles. The van der Waals surface area contributed by atoms with Crippen molar-refractivity contribution in [2.45, 2.75) is 13.0 Å². The Morgan fingerprint density at radius 3 is 2.57 bits per heavy atom. The average molecular weight is 195 g/mol. The average Bonchev–Trinajstić information content (AvgIpc) is 2.15. The van der Waals surface area contributed by atoms with Crippen LogP contribution in [0.2, 0.25) is 0 Å². The number of ketones is 1. The van der Waals surface area contributed by atoms with E-state index < -0.39 is 0 Å². The fraction of sp³-hybridized carbons (Fsp3) is 0.364. The Kier molecular flexibility index (Phi) is 3.36. The molecular formula is C11H14FNO. The van der Waals surface area contributed by atoms with E-state index in [-0.39, 0.29) is 17.6 Å². The molecule has 0 saturated heterocycles. The molecule has 0 bridgehead atoms. The van der Waals surface area contributed by atoms with E-state index in [0.717, 1.165) is 0 Å². The second kappa shape index (κ2) is 4.33. The van der Waals surface area contributed by atoms with Crippen molar-refractivity contribution in [3.63, 3.8) is 0 Å². The van der Waals surface area contributed by atoms with Gasteiger partial charge in [-0.15, -0.1) is 0 Å². The molecule has 2 nitrogen and oxygen atoms in total. The number of benzene rings is 1. The van der Waals surface area contributed by atoms with Gasteiger partial charge in [-0.25, -0.2) is 4.39 Å². The SMILES string of the molecule is CC(C(=O)c1cccc(F)c1)N(C)C. The van der Waals surface area contributed by atoms with E-state index in [1.165, 1.54) is 12.1 Å². The first kappa shape index (κ1) is 10.9. The fourth-order valence-corrected chi connectivity index (χ4v) is 1.12. The number of rotatable bonds is 3. The van der Waals surface area contributed by atoms with E-state index in [2.05, 4.69) is 0 Å². The Labute approximate surface area is 83.3 Å². The normalized spacial score (nSPS) is 12.9. The number of carbonyl (C=O) groups is 1. The maximum absolute atomic E-state index is 12.8. The Balaban J connectivity index is 2.89. The first-order chi connectivity index (χ1) is 6.52. The fourth-order valence-electron chi connectivity index (χ4n) is 1.12. The zero-order valence-corrected chi connectivity index (χ0v) is 8.62. The molecule has 1 aromatic rings. The Morgan fingerprint density at radius 2 is 2.07 bits per heavy atom. The van der Waals surface area contributed by atoms with Crippen LogP contribution in [0.15, 0.2) is 24.3 Å². The second-order valence-corrected chi connectivity index (χ2v) is 3.51. The molecular weight excluding hydrogens is 181 g/mol. The van der Waals surface area contributed by atoms with Crippen molar-refractivity contribution in [2.24, 2.45) is 0 Å².